The second kappa shape index (κ2) is 9.00. The van der Waals surface area contributed by atoms with Crippen molar-refractivity contribution in [1.29, 1.82) is 0 Å². The van der Waals surface area contributed by atoms with Gasteiger partial charge in [-0.3, -0.25) is 4.79 Å². The quantitative estimate of drug-likeness (QED) is 0.528. The number of halogens is 2. The van der Waals surface area contributed by atoms with Gasteiger partial charge in [-0.25, -0.2) is 0 Å². The summed E-state index contributed by atoms with van der Waals surface area (Å²) < 4.78 is 5.91. The highest BCUT2D eigenvalue weighted by Gasteiger charge is 2.16. The largest absolute Gasteiger partial charge is 0.507 e. The van der Waals surface area contributed by atoms with Crippen LogP contribution in [-0.4, -0.2) is 17.6 Å². The van der Waals surface area contributed by atoms with Gasteiger partial charge in [-0.1, -0.05) is 53.5 Å². The molecule has 4 nitrogen and oxygen atoms in total. The Morgan fingerprint density at radius 1 is 1.07 bits per heavy atom. The molecular weight excluding hydrogens is 397 g/mol. The van der Waals surface area contributed by atoms with E-state index in [-0.39, 0.29) is 11.3 Å². The van der Waals surface area contributed by atoms with Crippen molar-refractivity contribution >= 4 is 34.8 Å². The Hall–Kier alpha value is -2.69. The molecule has 3 aromatic carbocycles. The summed E-state index contributed by atoms with van der Waals surface area (Å²) in [5, 5.41) is 13.5. The number of carbonyl (C=O) groups excluding carboxylic acids is 1. The Kier molecular flexibility index (Phi) is 6.45. The summed E-state index contributed by atoms with van der Waals surface area (Å²) >= 11 is 12.2. The molecule has 0 spiro atoms. The number of benzene rings is 3. The number of nitrogens with one attached hydrogen (secondary N) is 1. The fourth-order valence-electron chi connectivity index (χ4n) is 2.68. The number of ether oxygens (including phenoxy) is 1. The molecule has 0 atom stereocenters. The molecule has 28 heavy (non-hydrogen) atoms. The summed E-state index contributed by atoms with van der Waals surface area (Å²) in [5.74, 6) is -0.160. The van der Waals surface area contributed by atoms with Gasteiger partial charge in [0.25, 0.3) is 5.91 Å². The predicted molar refractivity (Wildman–Crippen MR) is 113 cm³/mol. The van der Waals surface area contributed by atoms with Crippen molar-refractivity contribution in [3.05, 3.63) is 87.4 Å². The van der Waals surface area contributed by atoms with Crippen LogP contribution in [-0.2, 0) is 6.42 Å². The topological polar surface area (TPSA) is 58.6 Å². The normalized spacial score (nSPS) is 10.5. The molecule has 2 N–H and O–H groups in total. The van der Waals surface area contributed by atoms with Gasteiger partial charge in [-0.15, -0.1) is 0 Å². The van der Waals surface area contributed by atoms with E-state index >= 15 is 0 Å². The Labute approximate surface area is 173 Å². The van der Waals surface area contributed by atoms with Gasteiger partial charge < -0.3 is 15.2 Å². The van der Waals surface area contributed by atoms with Gasteiger partial charge >= 0.3 is 0 Å². The molecule has 0 aromatic heterocycles. The molecule has 0 aliphatic heterocycles. The first kappa shape index (κ1) is 20.1. The number of amides is 1. The van der Waals surface area contributed by atoms with Crippen LogP contribution in [0.2, 0.25) is 10.0 Å². The first-order valence-electron chi connectivity index (χ1n) is 8.71. The van der Waals surface area contributed by atoms with Crippen LogP contribution in [0.4, 0.5) is 5.69 Å². The maximum absolute atomic E-state index is 12.6. The number of phenolic OH excluding ortho intramolecular Hbond substituents is 1. The SMILES string of the molecule is Cc1cc(OCCc2ccccc2)c(NC(=O)c2cc(Cl)ccc2O)cc1Cl. The Balaban J connectivity index is 1.78. The minimum atomic E-state index is -0.507. The van der Waals surface area contributed by atoms with Crippen molar-refractivity contribution in [3.63, 3.8) is 0 Å². The summed E-state index contributed by atoms with van der Waals surface area (Å²) in [6.45, 7) is 2.30. The van der Waals surface area contributed by atoms with Gasteiger partial charge in [-0.2, -0.15) is 0 Å². The van der Waals surface area contributed by atoms with Gasteiger partial charge in [0.15, 0.2) is 0 Å². The molecular formula is C22H19Cl2NO3. The van der Waals surface area contributed by atoms with E-state index in [1.54, 1.807) is 12.1 Å². The van der Waals surface area contributed by atoms with E-state index in [0.29, 0.717) is 28.1 Å². The number of aromatic hydroxyl groups is 1. The zero-order valence-electron chi connectivity index (χ0n) is 15.2. The number of anilines is 1. The second-order valence-corrected chi connectivity index (χ2v) is 7.14. The number of hydrogen-bond donors (Lipinski definition) is 2. The third-order valence-corrected chi connectivity index (χ3v) is 4.85. The van der Waals surface area contributed by atoms with E-state index in [1.807, 2.05) is 37.3 Å². The average molecular weight is 416 g/mol. The van der Waals surface area contributed by atoms with E-state index in [4.69, 9.17) is 27.9 Å². The summed E-state index contributed by atoms with van der Waals surface area (Å²) in [7, 11) is 0. The molecule has 0 heterocycles. The van der Waals surface area contributed by atoms with E-state index < -0.39 is 5.91 Å². The van der Waals surface area contributed by atoms with Crippen molar-refractivity contribution < 1.29 is 14.6 Å². The van der Waals surface area contributed by atoms with Crippen LogP contribution in [0, 0.1) is 6.92 Å². The van der Waals surface area contributed by atoms with Gasteiger partial charge in [0.05, 0.1) is 17.9 Å². The lowest BCUT2D eigenvalue weighted by Crippen LogP contribution is -2.14. The molecule has 0 saturated carbocycles. The number of rotatable bonds is 6. The standard InChI is InChI=1S/C22H19Cl2NO3/c1-14-11-21(28-10-9-15-5-3-2-4-6-15)19(13-18(14)24)25-22(27)17-12-16(23)7-8-20(17)26/h2-8,11-13,26H,9-10H2,1H3,(H,25,27). The molecule has 0 bridgehead atoms. The van der Waals surface area contributed by atoms with Crippen molar-refractivity contribution in [2.45, 2.75) is 13.3 Å². The van der Waals surface area contributed by atoms with E-state index in [2.05, 4.69) is 5.32 Å². The highest BCUT2D eigenvalue weighted by molar-refractivity contribution is 6.32. The molecule has 6 heteroatoms. The fraction of sp³-hybridized carbons (Fsp3) is 0.136. The van der Waals surface area contributed by atoms with Crippen molar-refractivity contribution in [2.75, 3.05) is 11.9 Å². The molecule has 144 valence electrons. The number of aryl methyl sites for hydroxylation is 1. The molecule has 0 aliphatic rings. The zero-order valence-corrected chi connectivity index (χ0v) is 16.7. The molecule has 1 amide bonds. The van der Waals surface area contributed by atoms with Crippen molar-refractivity contribution in [1.82, 2.24) is 0 Å². The number of carbonyl (C=O) groups is 1. The lowest BCUT2D eigenvalue weighted by Gasteiger charge is -2.15. The highest BCUT2D eigenvalue weighted by Crippen LogP contribution is 2.32. The summed E-state index contributed by atoms with van der Waals surface area (Å²) in [6, 6.07) is 17.7. The fourth-order valence-corrected chi connectivity index (χ4v) is 3.01. The van der Waals surface area contributed by atoms with Crippen LogP contribution in [0.5, 0.6) is 11.5 Å². The van der Waals surface area contributed by atoms with Crippen LogP contribution in [0.15, 0.2) is 60.7 Å². The van der Waals surface area contributed by atoms with Gasteiger partial charge in [-0.05, 0) is 48.4 Å². The molecule has 3 rings (SSSR count). The van der Waals surface area contributed by atoms with Crippen LogP contribution in [0.3, 0.4) is 0 Å². The highest BCUT2D eigenvalue weighted by atomic mass is 35.5. The monoisotopic (exact) mass is 415 g/mol. The Morgan fingerprint density at radius 2 is 1.82 bits per heavy atom. The van der Waals surface area contributed by atoms with Gasteiger partial charge in [0.1, 0.15) is 11.5 Å². The maximum atomic E-state index is 12.6. The minimum absolute atomic E-state index is 0.0689. The predicted octanol–water partition coefficient (Wildman–Crippen LogP) is 5.88. The van der Waals surface area contributed by atoms with Crippen LogP contribution in [0.25, 0.3) is 0 Å². The van der Waals surface area contributed by atoms with Crippen molar-refractivity contribution in [2.24, 2.45) is 0 Å². The van der Waals surface area contributed by atoms with Crippen molar-refractivity contribution in [3.8, 4) is 11.5 Å². The number of hydrogen-bond acceptors (Lipinski definition) is 3. The summed E-state index contributed by atoms with van der Waals surface area (Å²) in [5.41, 5.74) is 2.48. The van der Waals surface area contributed by atoms with Crippen LogP contribution >= 0.6 is 23.2 Å². The lowest BCUT2D eigenvalue weighted by molar-refractivity contribution is 0.102. The third-order valence-electron chi connectivity index (χ3n) is 4.20. The summed E-state index contributed by atoms with van der Waals surface area (Å²) in [6.07, 6.45) is 0.727. The molecule has 0 aliphatic carbocycles. The van der Waals surface area contributed by atoms with Crippen LogP contribution in [0.1, 0.15) is 21.5 Å². The van der Waals surface area contributed by atoms with Crippen LogP contribution < -0.4 is 10.1 Å². The molecule has 0 fully saturated rings. The zero-order chi connectivity index (χ0) is 20.1. The Bertz CT molecular complexity index is 991. The molecule has 0 saturated heterocycles. The average Bonchev–Trinajstić information content (AvgIpc) is 2.68. The Morgan fingerprint density at radius 3 is 2.57 bits per heavy atom. The smallest absolute Gasteiger partial charge is 0.259 e. The lowest BCUT2D eigenvalue weighted by atomic mass is 10.1. The third kappa shape index (κ3) is 4.97. The van der Waals surface area contributed by atoms with E-state index in [1.165, 1.54) is 18.2 Å². The maximum Gasteiger partial charge on any atom is 0.259 e. The van der Waals surface area contributed by atoms with Gasteiger partial charge in [0, 0.05) is 16.5 Å². The molecule has 0 radical (unpaired) electrons. The van der Waals surface area contributed by atoms with E-state index in [0.717, 1.165) is 17.5 Å². The number of phenols is 1. The first-order chi connectivity index (χ1) is 13.4. The molecule has 3 aromatic rings. The second-order valence-electron chi connectivity index (χ2n) is 6.30. The minimum Gasteiger partial charge on any atom is -0.507 e. The summed E-state index contributed by atoms with van der Waals surface area (Å²) in [4.78, 5) is 12.6. The molecule has 0 unspecified atom stereocenters. The first-order valence-corrected chi connectivity index (χ1v) is 9.46. The van der Waals surface area contributed by atoms with E-state index in [9.17, 15) is 9.90 Å². The van der Waals surface area contributed by atoms with Gasteiger partial charge in [0.2, 0.25) is 0 Å².